The average Bonchev–Trinajstić information content (AvgIpc) is 2.24. The quantitative estimate of drug-likeness (QED) is 0.591. The van der Waals surface area contributed by atoms with Gasteiger partial charge in [-0.15, -0.1) is 0 Å². The first-order valence-corrected chi connectivity index (χ1v) is 5.74. The molecule has 0 bridgehead atoms. The fraction of sp³-hybridized carbons (Fsp3) is 0.538. The van der Waals surface area contributed by atoms with Crippen molar-refractivity contribution < 1.29 is 4.74 Å². The molecule has 3 nitrogen and oxygen atoms in total. The standard InChI is InChI=1S/C13H22N2O/c1-4-16-8-7-15(3)10-12-6-5-11(2)13(14)9-12/h5-6,9H,4,7-8,10,14H2,1-3H3. The van der Waals surface area contributed by atoms with Crippen LogP contribution in [0, 0.1) is 6.92 Å². The van der Waals surface area contributed by atoms with Crippen LogP contribution in [-0.4, -0.2) is 31.7 Å². The van der Waals surface area contributed by atoms with Crippen molar-refractivity contribution in [3.05, 3.63) is 29.3 Å². The van der Waals surface area contributed by atoms with E-state index in [9.17, 15) is 0 Å². The van der Waals surface area contributed by atoms with Gasteiger partial charge in [-0.3, -0.25) is 4.90 Å². The third-order valence-corrected chi connectivity index (χ3v) is 2.62. The maximum Gasteiger partial charge on any atom is 0.0593 e. The summed E-state index contributed by atoms with van der Waals surface area (Å²) in [6.45, 7) is 7.47. The minimum Gasteiger partial charge on any atom is -0.399 e. The summed E-state index contributed by atoms with van der Waals surface area (Å²) in [7, 11) is 2.09. The second kappa shape index (κ2) is 6.51. The molecule has 0 unspecified atom stereocenters. The van der Waals surface area contributed by atoms with E-state index < -0.39 is 0 Å². The maximum atomic E-state index is 5.87. The van der Waals surface area contributed by atoms with Gasteiger partial charge in [0.05, 0.1) is 6.61 Å². The zero-order valence-electron chi connectivity index (χ0n) is 10.5. The highest BCUT2D eigenvalue weighted by molar-refractivity contribution is 5.48. The summed E-state index contributed by atoms with van der Waals surface area (Å²) in [6, 6.07) is 6.25. The number of aryl methyl sites for hydroxylation is 1. The Morgan fingerprint density at radius 1 is 1.38 bits per heavy atom. The average molecular weight is 222 g/mol. The molecule has 0 radical (unpaired) electrons. The van der Waals surface area contributed by atoms with E-state index in [1.165, 1.54) is 5.56 Å². The zero-order valence-corrected chi connectivity index (χ0v) is 10.5. The lowest BCUT2D eigenvalue weighted by molar-refractivity contribution is 0.120. The number of rotatable bonds is 6. The number of hydrogen-bond acceptors (Lipinski definition) is 3. The molecule has 1 aromatic carbocycles. The molecule has 0 saturated carbocycles. The number of nitrogens with zero attached hydrogens (tertiary/aromatic N) is 1. The van der Waals surface area contributed by atoms with E-state index in [2.05, 4.69) is 24.1 Å². The van der Waals surface area contributed by atoms with Crippen molar-refractivity contribution >= 4 is 5.69 Å². The summed E-state index contributed by atoms with van der Waals surface area (Å²) in [5.41, 5.74) is 9.14. The van der Waals surface area contributed by atoms with Crippen LogP contribution in [0.1, 0.15) is 18.1 Å². The third-order valence-electron chi connectivity index (χ3n) is 2.62. The van der Waals surface area contributed by atoms with Gasteiger partial charge in [-0.25, -0.2) is 0 Å². The van der Waals surface area contributed by atoms with Gasteiger partial charge in [0.2, 0.25) is 0 Å². The van der Waals surface area contributed by atoms with Crippen LogP contribution < -0.4 is 5.73 Å². The minimum absolute atomic E-state index is 0.783. The van der Waals surface area contributed by atoms with Crippen LogP contribution in [0.3, 0.4) is 0 Å². The van der Waals surface area contributed by atoms with Crippen LogP contribution in [0.25, 0.3) is 0 Å². The molecule has 16 heavy (non-hydrogen) atoms. The van der Waals surface area contributed by atoms with E-state index in [0.717, 1.165) is 37.6 Å². The Morgan fingerprint density at radius 2 is 2.12 bits per heavy atom. The summed E-state index contributed by atoms with van der Waals surface area (Å²) in [5, 5.41) is 0. The summed E-state index contributed by atoms with van der Waals surface area (Å²) in [4.78, 5) is 2.24. The number of anilines is 1. The molecule has 0 aliphatic carbocycles. The molecular weight excluding hydrogens is 200 g/mol. The van der Waals surface area contributed by atoms with Crippen molar-refractivity contribution in [1.29, 1.82) is 0 Å². The van der Waals surface area contributed by atoms with E-state index >= 15 is 0 Å². The Labute approximate surface area is 98.2 Å². The maximum absolute atomic E-state index is 5.87. The van der Waals surface area contributed by atoms with Gasteiger partial charge in [-0.2, -0.15) is 0 Å². The lowest BCUT2D eigenvalue weighted by Crippen LogP contribution is -2.22. The lowest BCUT2D eigenvalue weighted by atomic mass is 10.1. The molecule has 0 atom stereocenters. The van der Waals surface area contributed by atoms with Crippen molar-refractivity contribution in [2.75, 3.05) is 32.5 Å². The Bertz CT molecular complexity index is 326. The molecule has 3 heteroatoms. The second-order valence-electron chi connectivity index (χ2n) is 4.13. The van der Waals surface area contributed by atoms with Crippen LogP contribution in [0.2, 0.25) is 0 Å². The van der Waals surface area contributed by atoms with Gasteiger partial charge in [-0.1, -0.05) is 12.1 Å². The first kappa shape index (κ1) is 13.0. The highest BCUT2D eigenvalue weighted by Crippen LogP contribution is 2.13. The zero-order chi connectivity index (χ0) is 12.0. The van der Waals surface area contributed by atoms with Crippen molar-refractivity contribution in [3.63, 3.8) is 0 Å². The molecule has 2 N–H and O–H groups in total. The van der Waals surface area contributed by atoms with E-state index in [0.29, 0.717) is 0 Å². The van der Waals surface area contributed by atoms with E-state index in [1.54, 1.807) is 0 Å². The normalized spacial score (nSPS) is 11.0. The number of nitrogens with two attached hydrogens (primary N) is 1. The summed E-state index contributed by atoms with van der Waals surface area (Å²) < 4.78 is 5.32. The second-order valence-corrected chi connectivity index (χ2v) is 4.13. The molecule has 0 aliphatic rings. The van der Waals surface area contributed by atoms with E-state index in [4.69, 9.17) is 10.5 Å². The predicted molar refractivity (Wildman–Crippen MR) is 68.4 cm³/mol. The van der Waals surface area contributed by atoms with Gasteiger partial charge in [0.15, 0.2) is 0 Å². The Kier molecular flexibility index (Phi) is 5.29. The molecule has 1 rings (SSSR count). The predicted octanol–water partition coefficient (Wildman–Crippen LogP) is 2.05. The van der Waals surface area contributed by atoms with Crippen LogP contribution in [0.5, 0.6) is 0 Å². The van der Waals surface area contributed by atoms with Gasteiger partial charge >= 0.3 is 0 Å². The molecule has 0 aromatic heterocycles. The fourth-order valence-electron chi connectivity index (χ4n) is 1.54. The van der Waals surface area contributed by atoms with Crippen molar-refractivity contribution in [2.24, 2.45) is 0 Å². The van der Waals surface area contributed by atoms with Crippen LogP contribution >= 0.6 is 0 Å². The van der Waals surface area contributed by atoms with Gasteiger partial charge < -0.3 is 10.5 Å². The summed E-state index contributed by atoms with van der Waals surface area (Å²) >= 11 is 0. The number of ether oxygens (including phenoxy) is 1. The van der Waals surface area contributed by atoms with Gasteiger partial charge in [-0.05, 0) is 38.1 Å². The smallest absolute Gasteiger partial charge is 0.0593 e. The molecular formula is C13H22N2O. The molecule has 0 aliphatic heterocycles. The van der Waals surface area contributed by atoms with E-state index in [-0.39, 0.29) is 0 Å². The molecule has 0 amide bonds. The summed E-state index contributed by atoms with van der Waals surface area (Å²) in [6.07, 6.45) is 0. The molecule has 0 spiro atoms. The van der Waals surface area contributed by atoms with Gasteiger partial charge in [0, 0.05) is 25.4 Å². The summed E-state index contributed by atoms with van der Waals surface area (Å²) in [5.74, 6) is 0. The molecule has 0 saturated heterocycles. The molecule has 0 fully saturated rings. The van der Waals surface area contributed by atoms with Crippen LogP contribution in [-0.2, 0) is 11.3 Å². The van der Waals surface area contributed by atoms with Crippen LogP contribution in [0.4, 0.5) is 5.69 Å². The molecule has 1 aromatic rings. The highest BCUT2D eigenvalue weighted by atomic mass is 16.5. The van der Waals surface area contributed by atoms with E-state index in [1.807, 2.05) is 19.9 Å². The first-order chi connectivity index (χ1) is 7.63. The fourth-order valence-corrected chi connectivity index (χ4v) is 1.54. The number of nitrogen functional groups attached to an aromatic ring is 1. The monoisotopic (exact) mass is 222 g/mol. The number of benzene rings is 1. The van der Waals surface area contributed by atoms with Crippen LogP contribution in [0.15, 0.2) is 18.2 Å². The molecule has 90 valence electrons. The lowest BCUT2D eigenvalue weighted by Gasteiger charge is -2.17. The third kappa shape index (κ3) is 4.21. The van der Waals surface area contributed by atoms with Crippen molar-refractivity contribution in [1.82, 2.24) is 4.90 Å². The minimum atomic E-state index is 0.783. The van der Waals surface area contributed by atoms with Gasteiger partial charge in [0.1, 0.15) is 0 Å². The Morgan fingerprint density at radius 3 is 2.75 bits per heavy atom. The largest absolute Gasteiger partial charge is 0.399 e. The number of hydrogen-bond donors (Lipinski definition) is 1. The topological polar surface area (TPSA) is 38.5 Å². The van der Waals surface area contributed by atoms with Crippen molar-refractivity contribution in [3.8, 4) is 0 Å². The Hall–Kier alpha value is -1.06. The molecule has 0 heterocycles. The van der Waals surface area contributed by atoms with Crippen molar-refractivity contribution in [2.45, 2.75) is 20.4 Å². The number of likely N-dealkylation sites (N-methyl/N-ethyl adjacent to an activating group) is 1. The van der Waals surface area contributed by atoms with Gasteiger partial charge in [0.25, 0.3) is 0 Å². The first-order valence-electron chi connectivity index (χ1n) is 5.74. The Balaban J connectivity index is 2.43. The highest BCUT2D eigenvalue weighted by Gasteiger charge is 2.01. The SMILES string of the molecule is CCOCCN(C)Cc1ccc(C)c(N)c1.